The van der Waals surface area contributed by atoms with E-state index in [2.05, 4.69) is 17.1 Å². The predicted molar refractivity (Wildman–Crippen MR) is 66.3 cm³/mol. The molecule has 1 aliphatic carbocycles. The first-order valence-corrected chi connectivity index (χ1v) is 5.84. The van der Waals surface area contributed by atoms with Gasteiger partial charge in [-0.25, -0.2) is 0 Å². The highest BCUT2D eigenvalue weighted by Gasteiger charge is 2.21. The second-order valence-corrected chi connectivity index (χ2v) is 4.50. The lowest BCUT2D eigenvalue weighted by molar-refractivity contribution is 0.103. The van der Waals surface area contributed by atoms with E-state index in [0.717, 1.165) is 35.1 Å². The molecule has 0 bridgehead atoms. The average molecular weight is 223 g/mol. The number of pyridine rings is 1. The number of aromatic nitrogens is 1. The molecule has 2 heteroatoms. The molecular formula is C15H13NO. The van der Waals surface area contributed by atoms with Crippen LogP contribution in [0.2, 0.25) is 0 Å². The number of ketones is 1. The third-order valence-corrected chi connectivity index (χ3v) is 3.28. The molecule has 2 aromatic rings. The van der Waals surface area contributed by atoms with Crippen molar-refractivity contribution < 1.29 is 4.79 Å². The van der Waals surface area contributed by atoms with Crippen LogP contribution in [0.4, 0.5) is 0 Å². The standard InChI is InChI=1S/C15H13NO/c1-10-4-5-11-6-7-12-3-2-8-16-14(12)15(17)13(11)9-10/h2-5,8-9H,6-7H2,1H3. The Balaban J connectivity index is 2.22. The van der Waals surface area contributed by atoms with E-state index < -0.39 is 0 Å². The summed E-state index contributed by atoms with van der Waals surface area (Å²) in [4.78, 5) is 16.7. The van der Waals surface area contributed by atoms with E-state index in [4.69, 9.17) is 0 Å². The molecule has 0 spiro atoms. The van der Waals surface area contributed by atoms with Crippen LogP contribution < -0.4 is 0 Å². The Labute approximate surface area is 100 Å². The molecule has 3 rings (SSSR count). The molecule has 17 heavy (non-hydrogen) atoms. The van der Waals surface area contributed by atoms with Gasteiger partial charge in [0.05, 0.1) is 0 Å². The van der Waals surface area contributed by atoms with E-state index in [1.54, 1.807) is 6.20 Å². The second-order valence-electron chi connectivity index (χ2n) is 4.50. The van der Waals surface area contributed by atoms with Crippen LogP contribution in [0.5, 0.6) is 0 Å². The Morgan fingerprint density at radius 3 is 2.82 bits per heavy atom. The number of benzene rings is 1. The number of rotatable bonds is 0. The van der Waals surface area contributed by atoms with Gasteiger partial charge in [-0.1, -0.05) is 23.8 Å². The van der Waals surface area contributed by atoms with Crippen molar-refractivity contribution in [1.82, 2.24) is 4.98 Å². The highest BCUT2D eigenvalue weighted by atomic mass is 16.1. The molecule has 1 aromatic carbocycles. The zero-order valence-electron chi connectivity index (χ0n) is 9.73. The molecule has 0 unspecified atom stereocenters. The molecular weight excluding hydrogens is 210 g/mol. The zero-order chi connectivity index (χ0) is 11.8. The van der Waals surface area contributed by atoms with Crippen LogP contribution in [0.3, 0.4) is 0 Å². The van der Waals surface area contributed by atoms with Gasteiger partial charge in [-0.15, -0.1) is 0 Å². The third-order valence-electron chi connectivity index (χ3n) is 3.28. The maximum Gasteiger partial charge on any atom is 0.211 e. The summed E-state index contributed by atoms with van der Waals surface area (Å²) in [6, 6.07) is 10.00. The van der Waals surface area contributed by atoms with Gasteiger partial charge in [-0.3, -0.25) is 9.78 Å². The van der Waals surface area contributed by atoms with Crippen LogP contribution in [0.25, 0.3) is 0 Å². The van der Waals surface area contributed by atoms with Crippen molar-refractivity contribution >= 4 is 5.78 Å². The van der Waals surface area contributed by atoms with Gasteiger partial charge in [0.25, 0.3) is 0 Å². The maximum atomic E-state index is 12.4. The Morgan fingerprint density at radius 2 is 1.94 bits per heavy atom. The molecule has 0 amide bonds. The number of nitrogens with zero attached hydrogens (tertiary/aromatic N) is 1. The number of hydrogen-bond acceptors (Lipinski definition) is 2. The van der Waals surface area contributed by atoms with Crippen LogP contribution in [0.15, 0.2) is 36.5 Å². The lowest BCUT2D eigenvalue weighted by Gasteiger charge is -2.05. The molecule has 1 aromatic heterocycles. The quantitative estimate of drug-likeness (QED) is 0.687. The van der Waals surface area contributed by atoms with Crippen molar-refractivity contribution in [3.8, 4) is 0 Å². The van der Waals surface area contributed by atoms with Crippen molar-refractivity contribution in [2.24, 2.45) is 0 Å². The normalized spacial score (nSPS) is 13.8. The van der Waals surface area contributed by atoms with Crippen molar-refractivity contribution in [3.05, 3.63) is 64.5 Å². The minimum absolute atomic E-state index is 0.0665. The van der Waals surface area contributed by atoms with E-state index in [0.29, 0.717) is 5.69 Å². The van der Waals surface area contributed by atoms with Crippen molar-refractivity contribution in [2.75, 3.05) is 0 Å². The maximum absolute atomic E-state index is 12.4. The van der Waals surface area contributed by atoms with Gasteiger partial charge < -0.3 is 0 Å². The third kappa shape index (κ3) is 1.66. The number of hydrogen-bond donors (Lipinski definition) is 0. The van der Waals surface area contributed by atoms with E-state index in [1.165, 1.54) is 0 Å². The van der Waals surface area contributed by atoms with E-state index in [-0.39, 0.29) is 5.78 Å². The minimum atomic E-state index is 0.0665. The lowest BCUT2D eigenvalue weighted by Crippen LogP contribution is -2.06. The molecule has 1 aliphatic rings. The fourth-order valence-electron chi connectivity index (χ4n) is 2.36. The highest BCUT2D eigenvalue weighted by molar-refractivity contribution is 6.10. The van der Waals surface area contributed by atoms with Gasteiger partial charge in [-0.2, -0.15) is 0 Å². The zero-order valence-corrected chi connectivity index (χ0v) is 9.73. The Kier molecular flexibility index (Phi) is 2.29. The summed E-state index contributed by atoms with van der Waals surface area (Å²) < 4.78 is 0. The van der Waals surface area contributed by atoms with Crippen molar-refractivity contribution in [1.29, 1.82) is 0 Å². The summed E-state index contributed by atoms with van der Waals surface area (Å²) >= 11 is 0. The predicted octanol–water partition coefficient (Wildman–Crippen LogP) is 2.72. The molecule has 84 valence electrons. The first-order chi connectivity index (χ1) is 8.25. The number of fused-ring (bicyclic) bond motifs is 2. The Bertz CT molecular complexity index is 602. The molecule has 0 radical (unpaired) electrons. The monoisotopic (exact) mass is 223 g/mol. The molecule has 0 fully saturated rings. The van der Waals surface area contributed by atoms with Gasteiger partial charge in [0, 0.05) is 11.8 Å². The van der Waals surface area contributed by atoms with Gasteiger partial charge in [0.15, 0.2) is 0 Å². The van der Waals surface area contributed by atoms with Gasteiger partial charge >= 0.3 is 0 Å². The summed E-state index contributed by atoms with van der Waals surface area (Å²) in [6.45, 7) is 2.01. The van der Waals surface area contributed by atoms with Gasteiger partial charge in [0.2, 0.25) is 5.78 Å². The Hall–Kier alpha value is -1.96. The largest absolute Gasteiger partial charge is 0.287 e. The fourth-order valence-corrected chi connectivity index (χ4v) is 2.36. The summed E-state index contributed by atoms with van der Waals surface area (Å²) in [5, 5.41) is 0. The van der Waals surface area contributed by atoms with E-state index in [1.807, 2.05) is 25.1 Å². The summed E-state index contributed by atoms with van der Waals surface area (Å²) in [5.74, 6) is 0.0665. The van der Waals surface area contributed by atoms with E-state index >= 15 is 0 Å². The topological polar surface area (TPSA) is 30.0 Å². The van der Waals surface area contributed by atoms with E-state index in [9.17, 15) is 4.79 Å². The SMILES string of the molecule is Cc1ccc2c(c1)C(=O)c1ncccc1CC2. The molecule has 1 heterocycles. The first-order valence-electron chi connectivity index (χ1n) is 5.84. The molecule has 0 saturated heterocycles. The van der Waals surface area contributed by atoms with Crippen LogP contribution in [0.1, 0.15) is 32.7 Å². The summed E-state index contributed by atoms with van der Waals surface area (Å²) in [6.07, 6.45) is 3.50. The van der Waals surface area contributed by atoms with Crippen molar-refractivity contribution in [2.45, 2.75) is 19.8 Å². The summed E-state index contributed by atoms with van der Waals surface area (Å²) in [7, 11) is 0. The Morgan fingerprint density at radius 1 is 1.12 bits per heavy atom. The molecule has 2 nitrogen and oxygen atoms in total. The number of carbonyl (C=O) groups is 1. The van der Waals surface area contributed by atoms with Crippen LogP contribution >= 0.6 is 0 Å². The second kappa shape index (κ2) is 3.81. The molecule has 0 atom stereocenters. The van der Waals surface area contributed by atoms with Gasteiger partial charge in [-0.05, 0) is 43.0 Å². The molecule has 0 N–H and O–H groups in total. The molecule has 0 saturated carbocycles. The van der Waals surface area contributed by atoms with Gasteiger partial charge in [0.1, 0.15) is 5.69 Å². The molecule has 0 aliphatic heterocycles. The fraction of sp³-hybridized carbons (Fsp3) is 0.200. The van der Waals surface area contributed by atoms with Crippen molar-refractivity contribution in [3.63, 3.8) is 0 Å². The highest BCUT2D eigenvalue weighted by Crippen LogP contribution is 2.23. The number of carbonyl (C=O) groups excluding carboxylic acids is 1. The number of aryl methyl sites for hydroxylation is 3. The smallest absolute Gasteiger partial charge is 0.211 e. The van der Waals surface area contributed by atoms with Crippen LogP contribution in [-0.4, -0.2) is 10.8 Å². The minimum Gasteiger partial charge on any atom is -0.287 e. The van der Waals surface area contributed by atoms with Crippen LogP contribution in [-0.2, 0) is 12.8 Å². The summed E-state index contributed by atoms with van der Waals surface area (Å²) in [5.41, 5.74) is 4.76. The first kappa shape index (κ1) is 10.2. The van der Waals surface area contributed by atoms with Crippen LogP contribution in [0, 0.1) is 6.92 Å². The average Bonchev–Trinajstić information content (AvgIpc) is 2.49. The lowest BCUT2D eigenvalue weighted by atomic mass is 9.99.